The molecular formula is C13H8BrCl3S. The lowest BCUT2D eigenvalue weighted by Gasteiger charge is -2.06. The van der Waals surface area contributed by atoms with Crippen LogP contribution in [0.3, 0.4) is 0 Å². The van der Waals surface area contributed by atoms with Gasteiger partial charge in [-0.05, 0) is 35.9 Å². The van der Waals surface area contributed by atoms with Crippen molar-refractivity contribution in [2.75, 3.05) is 0 Å². The minimum absolute atomic E-state index is 0.572. The van der Waals surface area contributed by atoms with E-state index in [1.165, 1.54) is 0 Å². The maximum atomic E-state index is 6.16. The van der Waals surface area contributed by atoms with Crippen molar-refractivity contribution in [1.82, 2.24) is 0 Å². The van der Waals surface area contributed by atoms with Gasteiger partial charge in [0.05, 0.1) is 10.0 Å². The quantitative estimate of drug-likeness (QED) is 0.532. The van der Waals surface area contributed by atoms with E-state index in [4.69, 9.17) is 34.8 Å². The van der Waals surface area contributed by atoms with Crippen LogP contribution in [-0.4, -0.2) is 0 Å². The minimum Gasteiger partial charge on any atom is -0.121 e. The molecule has 0 aromatic heterocycles. The third-order valence-electron chi connectivity index (χ3n) is 2.30. The van der Waals surface area contributed by atoms with E-state index in [9.17, 15) is 0 Å². The van der Waals surface area contributed by atoms with E-state index in [-0.39, 0.29) is 0 Å². The molecule has 0 aliphatic carbocycles. The highest BCUT2D eigenvalue weighted by Gasteiger charge is 2.04. The average molecular weight is 383 g/mol. The van der Waals surface area contributed by atoms with Crippen molar-refractivity contribution in [2.45, 2.75) is 10.6 Å². The van der Waals surface area contributed by atoms with Crippen LogP contribution in [0.5, 0.6) is 0 Å². The minimum atomic E-state index is 0.572. The summed E-state index contributed by atoms with van der Waals surface area (Å²) in [5.41, 5.74) is 1.09. The van der Waals surface area contributed by atoms with Crippen LogP contribution < -0.4 is 0 Å². The van der Waals surface area contributed by atoms with Gasteiger partial charge in [0.15, 0.2) is 0 Å². The molecule has 94 valence electrons. The summed E-state index contributed by atoms with van der Waals surface area (Å²) < 4.78 is 0.982. The van der Waals surface area contributed by atoms with Gasteiger partial charge in [0.1, 0.15) is 0 Å². The van der Waals surface area contributed by atoms with Gasteiger partial charge in [0, 0.05) is 20.1 Å². The van der Waals surface area contributed by atoms with Crippen LogP contribution in [0, 0.1) is 0 Å². The predicted molar refractivity (Wildman–Crippen MR) is 85.2 cm³/mol. The maximum Gasteiger partial charge on any atom is 0.0603 e. The molecule has 0 aliphatic heterocycles. The van der Waals surface area contributed by atoms with Gasteiger partial charge in [0.2, 0.25) is 0 Å². The fourth-order valence-electron chi connectivity index (χ4n) is 1.37. The molecule has 0 saturated heterocycles. The SMILES string of the molecule is Clc1ccc(SCc2ccc(Br)cc2Cl)cc1Cl. The molecule has 0 fully saturated rings. The molecule has 0 saturated carbocycles. The molecule has 0 atom stereocenters. The second-order valence-corrected chi connectivity index (χ2v) is 6.79. The first-order valence-corrected chi connectivity index (χ1v) is 7.99. The van der Waals surface area contributed by atoms with Crippen molar-refractivity contribution in [3.8, 4) is 0 Å². The van der Waals surface area contributed by atoms with Gasteiger partial charge in [-0.1, -0.05) is 56.8 Å². The van der Waals surface area contributed by atoms with Crippen molar-refractivity contribution in [3.63, 3.8) is 0 Å². The number of halogens is 4. The monoisotopic (exact) mass is 380 g/mol. The Balaban J connectivity index is 2.09. The van der Waals surface area contributed by atoms with E-state index >= 15 is 0 Å². The van der Waals surface area contributed by atoms with Crippen LogP contribution >= 0.6 is 62.5 Å². The van der Waals surface area contributed by atoms with Crippen molar-refractivity contribution < 1.29 is 0 Å². The van der Waals surface area contributed by atoms with Gasteiger partial charge >= 0.3 is 0 Å². The molecule has 2 aromatic rings. The third-order valence-corrected chi connectivity index (χ3v) is 4.93. The van der Waals surface area contributed by atoms with Gasteiger partial charge < -0.3 is 0 Å². The fraction of sp³-hybridized carbons (Fsp3) is 0.0769. The van der Waals surface area contributed by atoms with Gasteiger partial charge in [-0.25, -0.2) is 0 Å². The number of rotatable bonds is 3. The number of hydrogen-bond donors (Lipinski definition) is 0. The zero-order valence-electron chi connectivity index (χ0n) is 9.09. The summed E-state index contributed by atoms with van der Waals surface area (Å²) in [4.78, 5) is 1.07. The zero-order valence-corrected chi connectivity index (χ0v) is 13.8. The molecule has 0 N–H and O–H groups in total. The first-order chi connectivity index (χ1) is 8.56. The van der Waals surface area contributed by atoms with Crippen molar-refractivity contribution >= 4 is 62.5 Å². The lowest BCUT2D eigenvalue weighted by atomic mass is 10.2. The Kier molecular flexibility index (Phi) is 5.28. The molecule has 5 heteroatoms. The first-order valence-electron chi connectivity index (χ1n) is 5.08. The molecule has 0 unspecified atom stereocenters. The highest BCUT2D eigenvalue weighted by atomic mass is 79.9. The Bertz CT molecular complexity index is 572. The fourth-order valence-corrected chi connectivity index (χ4v) is 3.49. The molecule has 0 spiro atoms. The zero-order chi connectivity index (χ0) is 13.1. The van der Waals surface area contributed by atoms with Gasteiger partial charge in [0.25, 0.3) is 0 Å². The lowest BCUT2D eigenvalue weighted by Crippen LogP contribution is -1.83. The van der Waals surface area contributed by atoms with Gasteiger partial charge in [-0.3, -0.25) is 0 Å². The standard InChI is InChI=1S/C13H8BrCl3S/c14-9-2-1-8(12(16)5-9)7-18-10-3-4-11(15)13(17)6-10/h1-6H,7H2. The van der Waals surface area contributed by atoms with Crippen LogP contribution in [0.1, 0.15) is 5.56 Å². The molecule has 2 rings (SSSR count). The van der Waals surface area contributed by atoms with Crippen LogP contribution in [0.2, 0.25) is 15.1 Å². The Hall–Kier alpha value is 0.140. The van der Waals surface area contributed by atoms with E-state index in [2.05, 4.69) is 15.9 Å². The van der Waals surface area contributed by atoms with E-state index in [0.717, 1.165) is 25.7 Å². The van der Waals surface area contributed by atoms with Crippen LogP contribution in [0.15, 0.2) is 45.8 Å². The smallest absolute Gasteiger partial charge is 0.0603 e. The van der Waals surface area contributed by atoms with E-state index in [1.54, 1.807) is 17.8 Å². The van der Waals surface area contributed by atoms with Gasteiger partial charge in [-0.2, -0.15) is 0 Å². The molecule has 0 nitrogen and oxygen atoms in total. The molecule has 18 heavy (non-hydrogen) atoms. The second-order valence-electron chi connectivity index (χ2n) is 3.60. The summed E-state index contributed by atoms with van der Waals surface area (Å²) in [6.45, 7) is 0. The lowest BCUT2D eigenvalue weighted by molar-refractivity contribution is 1.37. The van der Waals surface area contributed by atoms with Crippen molar-refractivity contribution in [3.05, 3.63) is 61.5 Å². The summed E-state index contributed by atoms with van der Waals surface area (Å²) in [5, 5.41) is 1.91. The van der Waals surface area contributed by atoms with Crippen molar-refractivity contribution in [2.24, 2.45) is 0 Å². The summed E-state index contributed by atoms with van der Waals surface area (Å²) in [7, 11) is 0. The number of hydrogen-bond acceptors (Lipinski definition) is 1. The van der Waals surface area contributed by atoms with Crippen LogP contribution in [0.25, 0.3) is 0 Å². The summed E-state index contributed by atoms with van der Waals surface area (Å²) >= 11 is 23.1. The number of thioether (sulfide) groups is 1. The molecule has 0 radical (unpaired) electrons. The molecule has 0 bridgehead atoms. The van der Waals surface area contributed by atoms with E-state index in [0.29, 0.717) is 10.0 Å². The highest BCUT2D eigenvalue weighted by molar-refractivity contribution is 9.10. The van der Waals surface area contributed by atoms with Gasteiger partial charge in [-0.15, -0.1) is 11.8 Å². The topological polar surface area (TPSA) is 0 Å². The van der Waals surface area contributed by atoms with E-state index in [1.807, 2.05) is 30.3 Å². The highest BCUT2D eigenvalue weighted by Crippen LogP contribution is 2.32. The largest absolute Gasteiger partial charge is 0.121 e. The number of benzene rings is 2. The predicted octanol–water partition coefficient (Wildman–Crippen LogP) is 6.70. The summed E-state index contributed by atoms with van der Waals surface area (Å²) in [5.74, 6) is 0.796. The van der Waals surface area contributed by atoms with E-state index < -0.39 is 0 Å². The summed E-state index contributed by atoms with van der Waals surface area (Å²) in [6, 6.07) is 11.5. The average Bonchev–Trinajstić information content (AvgIpc) is 2.32. The molecular weight excluding hydrogens is 374 g/mol. The molecule has 0 heterocycles. The molecule has 0 amide bonds. The maximum absolute atomic E-state index is 6.16. The Morgan fingerprint density at radius 2 is 1.67 bits per heavy atom. The molecule has 0 aliphatic rings. The normalized spacial score (nSPS) is 10.7. The molecule has 2 aromatic carbocycles. The van der Waals surface area contributed by atoms with Crippen molar-refractivity contribution in [1.29, 1.82) is 0 Å². The van der Waals surface area contributed by atoms with Crippen LogP contribution in [-0.2, 0) is 5.75 Å². The second kappa shape index (κ2) is 6.53. The third kappa shape index (κ3) is 3.82. The Morgan fingerprint density at radius 1 is 0.889 bits per heavy atom. The summed E-state index contributed by atoms with van der Waals surface area (Å²) in [6.07, 6.45) is 0. The Labute approximate surface area is 134 Å². The Morgan fingerprint density at radius 3 is 2.33 bits per heavy atom. The van der Waals surface area contributed by atoms with Crippen LogP contribution in [0.4, 0.5) is 0 Å². The first kappa shape index (κ1) is 14.5.